The largest absolute Gasteiger partial charge is 0.303 e. The molecule has 1 saturated carbocycles. The van der Waals surface area contributed by atoms with E-state index in [9.17, 15) is 9.18 Å². The molecule has 0 saturated heterocycles. The number of hydrogen-bond donors (Lipinski definition) is 0. The van der Waals surface area contributed by atoms with Crippen molar-refractivity contribution in [2.24, 2.45) is 0 Å². The van der Waals surface area contributed by atoms with E-state index in [4.69, 9.17) is 0 Å². The molecular weight excluding hydrogens is 287 g/mol. The Balaban J connectivity index is 1.84. The average Bonchev–Trinajstić information content (AvgIpc) is 3.23. The molecule has 0 spiro atoms. The van der Waals surface area contributed by atoms with E-state index in [2.05, 4.69) is 11.6 Å². The Kier molecular flexibility index (Phi) is 3.84. The van der Waals surface area contributed by atoms with Gasteiger partial charge in [0.15, 0.2) is 0 Å². The summed E-state index contributed by atoms with van der Waals surface area (Å²) in [4.78, 5) is 19.0. The first-order chi connectivity index (χ1) is 10.2. The normalized spacial score (nSPS) is 14.0. The predicted octanol–water partition coefficient (Wildman–Crippen LogP) is 3.88. The predicted molar refractivity (Wildman–Crippen MR) is 81.9 cm³/mol. The van der Waals surface area contributed by atoms with Gasteiger partial charge in [-0.25, -0.2) is 9.37 Å². The number of rotatable bonds is 5. The molecule has 1 amide bonds. The van der Waals surface area contributed by atoms with Crippen LogP contribution in [0.15, 0.2) is 43.1 Å². The lowest BCUT2D eigenvalue weighted by atomic mass is 10.2. The summed E-state index contributed by atoms with van der Waals surface area (Å²) in [6.45, 7) is 3.90. The second kappa shape index (κ2) is 5.77. The van der Waals surface area contributed by atoms with Crippen molar-refractivity contribution < 1.29 is 9.18 Å². The SMILES string of the molecule is C=CC(=O)N(Cc1cnc(C2CC2)s1)c1cccc(F)c1. The zero-order valence-electron chi connectivity index (χ0n) is 11.5. The highest BCUT2D eigenvalue weighted by atomic mass is 32.1. The molecule has 3 nitrogen and oxygen atoms in total. The summed E-state index contributed by atoms with van der Waals surface area (Å²) in [5.41, 5.74) is 0.529. The highest BCUT2D eigenvalue weighted by Crippen LogP contribution is 2.42. The molecule has 5 heteroatoms. The summed E-state index contributed by atoms with van der Waals surface area (Å²) in [6, 6.07) is 6.02. The maximum absolute atomic E-state index is 13.4. The summed E-state index contributed by atoms with van der Waals surface area (Å²) in [5.74, 6) is -0.0132. The third kappa shape index (κ3) is 3.19. The molecule has 0 N–H and O–H groups in total. The minimum absolute atomic E-state index is 0.248. The maximum Gasteiger partial charge on any atom is 0.250 e. The molecule has 1 aliphatic rings. The Morgan fingerprint density at radius 3 is 3.00 bits per heavy atom. The fraction of sp³-hybridized carbons (Fsp3) is 0.250. The van der Waals surface area contributed by atoms with Crippen LogP contribution in [-0.2, 0) is 11.3 Å². The number of nitrogens with zero attached hydrogens (tertiary/aromatic N) is 2. The van der Waals surface area contributed by atoms with E-state index in [1.165, 1.54) is 36.0 Å². The number of carbonyl (C=O) groups excluding carboxylic acids is 1. The third-order valence-corrected chi connectivity index (χ3v) is 4.52. The van der Waals surface area contributed by atoms with Gasteiger partial charge in [0.2, 0.25) is 0 Å². The van der Waals surface area contributed by atoms with Crippen molar-refractivity contribution in [3.05, 3.63) is 58.8 Å². The number of halogens is 1. The molecule has 108 valence electrons. The first-order valence-electron chi connectivity index (χ1n) is 6.81. The zero-order chi connectivity index (χ0) is 14.8. The van der Waals surface area contributed by atoms with Crippen molar-refractivity contribution in [2.75, 3.05) is 4.90 Å². The minimum atomic E-state index is -0.364. The van der Waals surface area contributed by atoms with Crippen molar-refractivity contribution in [3.63, 3.8) is 0 Å². The van der Waals surface area contributed by atoms with Crippen LogP contribution in [0.2, 0.25) is 0 Å². The first-order valence-corrected chi connectivity index (χ1v) is 7.63. The van der Waals surface area contributed by atoms with Crippen LogP contribution in [-0.4, -0.2) is 10.9 Å². The maximum atomic E-state index is 13.4. The summed E-state index contributed by atoms with van der Waals surface area (Å²) in [7, 11) is 0. The Bertz CT molecular complexity index is 678. The van der Waals surface area contributed by atoms with Crippen LogP contribution < -0.4 is 4.90 Å². The summed E-state index contributed by atoms with van der Waals surface area (Å²) < 4.78 is 13.4. The van der Waals surface area contributed by atoms with Crippen LogP contribution in [0.25, 0.3) is 0 Å². The lowest BCUT2D eigenvalue weighted by molar-refractivity contribution is -0.114. The number of benzene rings is 1. The van der Waals surface area contributed by atoms with Crippen molar-refractivity contribution in [1.29, 1.82) is 0 Å². The fourth-order valence-corrected chi connectivity index (χ4v) is 3.20. The highest BCUT2D eigenvalue weighted by Gasteiger charge is 2.27. The second-order valence-corrected chi connectivity index (χ2v) is 6.19. The smallest absolute Gasteiger partial charge is 0.250 e. The lowest BCUT2D eigenvalue weighted by Crippen LogP contribution is -2.28. The van der Waals surface area contributed by atoms with Crippen LogP contribution >= 0.6 is 11.3 Å². The quantitative estimate of drug-likeness (QED) is 0.785. The van der Waals surface area contributed by atoms with Crippen LogP contribution in [0.5, 0.6) is 0 Å². The van der Waals surface area contributed by atoms with Crippen LogP contribution in [0, 0.1) is 5.82 Å². The van der Waals surface area contributed by atoms with Gasteiger partial charge in [-0.05, 0) is 37.1 Å². The van der Waals surface area contributed by atoms with Crippen molar-refractivity contribution in [1.82, 2.24) is 4.98 Å². The summed E-state index contributed by atoms with van der Waals surface area (Å²) >= 11 is 1.63. The standard InChI is InChI=1S/C16H15FN2OS/c1-2-15(20)19(13-5-3-4-12(17)8-13)10-14-9-18-16(21-14)11-6-7-11/h2-5,8-9,11H,1,6-7,10H2. The lowest BCUT2D eigenvalue weighted by Gasteiger charge is -2.20. The van der Waals surface area contributed by atoms with Gasteiger partial charge >= 0.3 is 0 Å². The van der Waals surface area contributed by atoms with E-state index in [1.807, 2.05) is 0 Å². The highest BCUT2D eigenvalue weighted by molar-refractivity contribution is 7.11. The molecule has 0 unspecified atom stereocenters. The van der Waals surface area contributed by atoms with Crippen LogP contribution in [0.4, 0.5) is 10.1 Å². The molecule has 3 rings (SSSR count). The van der Waals surface area contributed by atoms with E-state index >= 15 is 0 Å². The Labute approximate surface area is 126 Å². The van der Waals surface area contributed by atoms with Gasteiger partial charge in [-0.1, -0.05) is 12.6 Å². The van der Waals surface area contributed by atoms with E-state index < -0.39 is 0 Å². The molecular formula is C16H15FN2OS. The molecule has 1 heterocycles. The van der Waals surface area contributed by atoms with Gasteiger partial charge in [0, 0.05) is 22.7 Å². The van der Waals surface area contributed by atoms with Gasteiger partial charge in [0.25, 0.3) is 5.91 Å². The number of anilines is 1. The zero-order valence-corrected chi connectivity index (χ0v) is 12.3. The number of thiazole rings is 1. The molecule has 1 aliphatic carbocycles. The van der Waals surface area contributed by atoms with Crippen LogP contribution in [0.3, 0.4) is 0 Å². The topological polar surface area (TPSA) is 33.2 Å². The van der Waals surface area contributed by atoms with Gasteiger partial charge in [-0.15, -0.1) is 11.3 Å². The molecule has 1 aromatic heterocycles. The molecule has 1 aromatic carbocycles. The summed E-state index contributed by atoms with van der Waals surface area (Å²) in [6.07, 6.45) is 5.45. The van der Waals surface area contributed by atoms with Gasteiger partial charge in [0.1, 0.15) is 5.82 Å². The van der Waals surface area contributed by atoms with Crippen LogP contribution in [0.1, 0.15) is 28.6 Å². The molecule has 0 bridgehead atoms. The molecule has 0 radical (unpaired) electrons. The molecule has 21 heavy (non-hydrogen) atoms. The number of aromatic nitrogens is 1. The molecule has 0 aliphatic heterocycles. The van der Waals surface area contributed by atoms with Gasteiger partial charge in [-0.2, -0.15) is 0 Å². The van der Waals surface area contributed by atoms with Crippen molar-refractivity contribution in [3.8, 4) is 0 Å². The molecule has 2 aromatic rings. The Hall–Kier alpha value is -2.01. The third-order valence-electron chi connectivity index (χ3n) is 3.37. The monoisotopic (exact) mass is 302 g/mol. The number of carbonyl (C=O) groups is 1. The number of amides is 1. The summed E-state index contributed by atoms with van der Waals surface area (Å²) in [5, 5.41) is 1.13. The Morgan fingerprint density at radius 2 is 2.33 bits per heavy atom. The second-order valence-electron chi connectivity index (χ2n) is 5.05. The van der Waals surface area contributed by atoms with Gasteiger partial charge in [0.05, 0.1) is 11.6 Å². The van der Waals surface area contributed by atoms with Gasteiger partial charge in [-0.3, -0.25) is 4.79 Å². The average molecular weight is 302 g/mol. The van der Waals surface area contributed by atoms with E-state index in [1.54, 1.807) is 29.7 Å². The molecule has 1 fully saturated rings. The first kappa shape index (κ1) is 13.9. The fourth-order valence-electron chi connectivity index (χ4n) is 2.12. The Morgan fingerprint density at radius 1 is 1.52 bits per heavy atom. The molecule has 0 atom stereocenters. The van der Waals surface area contributed by atoms with Crippen molar-refractivity contribution >= 4 is 22.9 Å². The number of hydrogen-bond acceptors (Lipinski definition) is 3. The van der Waals surface area contributed by atoms with E-state index in [-0.39, 0.29) is 11.7 Å². The van der Waals surface area contributed by atoms with E-state index in [0.29, 0.717) is 18.2 Å². The van der Waals surface area contributed by atoms with E-state index in [0.717, 1.165) is 9.88 Å². The van der Waals surface area contributed by atoms with Crippen molar-refractivity contribution in [2.45, 2.75) is 25.3 Å². The minimum Gasteiger partial charge on any atom is -0.303 e. The van der Waals surface area contributed by atoms with Gasteiger partial charge < -0.3 is 4.90 Å².